The summed E-state index contributed by atoms with van der Waals surface area (Å²) in [5, 5.41) is 13.3. The van der Waals surface area contributed by atoms with Gasteiger partial charge in [0.25, 0.3) is 5.91 Å². The molecule has 0 saturated heterocycles. The summed E-state index contributed by atoms with van der Waals surface area (Å²) in [4.78, 5) is 24.5. The second-order valence-electron chi connectivity index (χ2n) is 5.23. The summed E-state index contributed by atoms with van der Waals surface area (Å²) in [7, 11) is 0. The molecule has 0 radical (unpaired) electrons. The summed E-state index contributed by atoms with van der Waals surface area (Å²) in [6.45, 7) is 0. The number of rotatable bonds is 3. The number of anilines is 2. The number of amides is 1. The van der Waals surface area contributed by atoms with Crippen LogP contribution in [0, 0.1) is 0 Å². The van der Waals surface area contributed by atoms with Crippen LogP contribution < -0.4 is 11.1 Å². The molecule has 4 N–H and O–H groups in total. The van der Waals surface area contributed by atoms with Crippen molar-refractivity contribution >= 4 is 39.0 Å². The molecule has 6 heteroatoms. The largest absolute Gasteiger partial charge is 0.399 e. The number of nitrogens with two attached hydrogens (primary N) is 1. The van der Waals surface area contributed by atoms with Gasteiger partial charge in [0.1, 0.15) is 0 Å². The molecule has 3 rings (SSSR count). The van der Waals surface area contributed by atoms with Gasteiger partial charge in [0.15, 0.2) is 11.4 Å². The number of Topliss-reactive ketones (excluding diaryl/α,β-unsaturated/α-hetero) is 1. The summed E-state index contributed by atoms with van der Waals surface area (Å²) in [6.07, 6.45) is -0.342. The first-order chi connectivity index (χ1) is 10.4. The Hall–Kier alpha value is -2.18. The first-order valence-corrected chi connectivity index (χ1v) is 7.42. The molecule has 0 fully saturated rings. The van der Waals surface area contributed by atoms with E-state index in [1.807, 2.05) is 0 Å². The van der Waals surface area contributed by atoms with E-state index in [1.165, 1.54) is 6.07 Å². The van der Waals surface area contributed by atoms with Crippen LogP contribution in [0.4, 0.5) is 11.4 Å². The molecule has 5 nitrogen and oxygen atoms in total. The molecule has 112 valence electrons. The van der Waals surface area contributed by atoms with Crippen molar-refractivity contribution in [1.82, 2.24) is 0 Å². The maximum atomic E-state index is 12.4. The maximum Gasteiger partial charge on any atom is 0.261 e. The first kappa shape index (κ1) is 14.7. The molecule has 0 spiro atoms. The molecule has 0 bridgehead atoms. The van der Waals surface area contributed by atoms with E-state index < -0.39 is 11.5 Å². The summed E-state index contributed by atoms with van der Waals surface area (Å²) in [5.41, 5.74) is 5.51. The number of fused-ring (bicyclic) bond motifs is 1. The molecule has 1 heterocycles. The zero-order valence-electron chi connectivity index (χ0n) is 11.5. The van der Waals surface area contributed by atoms with Crippen molar-refractivity contribution in [1.29, 1.82) is 0 Å². The SMILES string of the molecule is Nc1cccc(C(=O)C[C@@]2(O)C(=O)Nc3ccc(Br)cc32)c1. The normalized spacial score (nSPS) is 19.6. The standard InChI is InChI=1S/C16H13BrN2O3/c17-10-4-5-13-12(7-10)16(22,15(21)19-13)8-14(20)9-2-1-3-11(18)6-9/h1-7,22H,8,18H2,(H,19,21)/t16-/m0/s1. The Morgan fingerprint density at radius 1 is 1.27 bits per heavy atom. The van der Waals surface area contributed by atoms with Crippen molar-refractivity contribution in [3.05, 3.63) is 58.1 Å². The highest BCUT2D eigenvalue weighted by molar-refractivity contribution is 9.10. The lowest BCUT2D eigenvalue weighted by Gasteiger charge is -2.20. The quantitative estimate of drug-likeness (QED) is 0.578. The Bertz CT molecular complexity index is 791. The van der Waals surface area contributed by atoms with Gasteiger partial charge in [0.05, 0.1) is 6.42 Å². The van der Waals surface area contributed by atoms with E-state index in [1.54, 1.807) is 36.4 Å². The van der Waals surface area contributed by atoms with Gasteiger partial charge in [-0.05, 0) is 30.3 Å². The molecule has 0 aliphatic carbocycles. The number of benzene rings is 2. The van der Waals surface area contributed by atoms with Crippen LogP contribution in [0.25, 0.3) is 0 Å². The van der Waals surface area contributed by atoms with Crippen molar-refractivity contribution in [2.45, 2.75) is 12.0 Å². The third-order valence-electron chi connectivity index (χ3n) is 3.68. The molecule has 1 aliphatic heterocycles. The van der Waals surface area contributed by atoms with Crippen LogP contribution in [0.1, 0.15) is 22.3 Å². The molecule has 22 heavy (non-hydrogen) atoms. The van der Waals surface area contributed by atoms with Gasteiger partial charge in [-0.25, -0.2) is 0 Å². The molecule has 0 saturated carbocycles. The maximum absolute atomic E-state index is 12.4. The van der Waals surface area contributed by atoms with Gasteiger partial charge in [0.2, 0.25) is 0 Å². The van der Waals surface area contributed by atoms with E-state index in [9.17, 15) is 14.7 Å². The highest BCUT2D eigenvalue weighted by Crippen LogP contribution is 2.40. The third-order valence-corrected chi connectivity index (χ3v) is 4.17. The van der Waals surface area contributed by atoms with Gasteiger partial charge in [-0.1, -0.05) is 28.1 Å². The van der Waals surface area contributed by atoms with Crippen LogP contribution in [0.2, 0.25) is 0 Å². The second-order valence-corrected chi connectivity index (χ2v) is 6.15. The van der Waals surface area contributed by atoms with Crippen molar-refractivity contribution in [3.63, 3.8) is 0 Å². The number of halogens is 1. The fraction of sp³-hybridized carbons (Fsp3) is 0.125. The average molecular weight is 361 g/mol. The highest BCUT2D eigenvalue weighted by atomic mass is 79.9. The predicted molar refractivity (Wildman–Crippen MR) is 86.5 cm³/mol. The van der Waals surface area contributed by atoms with E-state index in [0.717, 1.165) is 4.47 Å². The Labute approximate surface area is 135 Å². The lowest BCUT2D eigenvalue weighted by atomic mass is 9.88. The van der Waals surface area contributed by atoms with Gasteiger partial charge in [-0.2, -0.15) is 0 Å². The Morgan fingerprint density at radius 3 is 2.77 bits per heavy atom. The lowest BCUT2D eigenvalue weighted by Crippen LogP contribution is -2.36. The highest BCUT2D eigenvalue weighted by Gasteiger charge is 2.46. The summed E-state index contributed by atoms with van der Waals surface area (Å²) in [6, 6.07) is 11.5. The third kappa shape index (κ3) is 2.40. The second kappa shape index (κ2) is 5.23. The van der Waals surface area contributed by atoms with Gasteiger partial charge in [-0.3, -0.25) is 9.59 Å². The molecule has 1 amide bonds. The molecule has 1 atom stereocenters. The minimum atomic E-state index is -1.87. The zero-order chi connectivity index (χ0) is 15.9. The van der Waals surface area contributed by atoms with Crippen LogP contribution in [-0.2, 0) is 10.4 Å². The molecule has 1 aliphatic rings. The number of ketones is 1. The Morgan fingerprint density at radius 2 is 2.05 bits per heavy atom. The van der Waals surface area contributed by atoms with Crippen LogP contribution in [0.15, 0.2) is 46.9 Å². The van der Waals surface area contributed by atoms with E-state index in [2.05, 4.69) is 21.2 Å². The molecular weight excluding hydrogens is 348 g/mol. The average Bonchev–Trinajstić information content (AvgIpc) is 2.71. The minimum absolute atomic E-state index is 0.342. The molecule has 2 aromatic carbocycles. The fourth-order valence-electron chi connectivity index (χ4n) is 2.54. The van der Waals surface area contributed by atoms with Crippen LogP contribution in [-0.4, -0.2) is 16.8 Å². The molecule has 2 aromatic rings. The number of carbonyl (C=O) groups excluding carboxylic acids is 2. The van der Waals surface area contributed by atoms with E-state index >= 15 is 0 Å². The van der Waals surface area contributed by atoms with Gasteiger partial charge in [0, 0.05) is 27.0 Å². The van der Waals surface area contributed by atoms with Gasteiger partial charge >= 0.3 is 0 Å². The van der Waals surface area contributed by atoms with Crippen LogP contribution >= 0.6 is 15.9 Å². The Kier molecular flexibility index (Phi) is 3.50. The summed E-state index contributed by atoms with van der Waals surface area (Å²) < 4.78 is 0.720. The van der Waals surface area contributed by atoms with E-state index in [4.69, 9.17) is 5.73 Å². The molecule has 0 unspecified atom stereocenters. The fourth-order valence-corrected chi connectivity index (χ4v) is 2.90. The smallest absolute Gasteiger partial charge is 0.261 e. The first-order valence-electron chi connectivity index (χ1n) is 6.63. The van der Waals surface area contributed by atoms with Crippen molar-refractivity contribution in [3.8, 4) is 0 Å². The van der Waals surface area contributed by atoms with E-state index in [-0.39, 0.29) is 12.2 Å². The van der Waals surface area contributed by atoms with Crippen molar-refractivity contribution in [2.24, 2.45) is 0 Å². The Balaban J connectivity index is 1.96. The summed E-state index contributed by atoms with van der Waals surface area (Å²) in [5.74, 6) is -0.948. The monoisotopic (exact) mass is 360 g/mol. The van der Waals surface area contributed by atoms with Crippen molar-refractivity contribution in [2.75, 3.05) is 11.1 Å². The molecule has 0 aromatic heterocycles. The topological polar surface area (TPSA) is 92.4 Å². The zero-order valence-corrected chi connectivity index (χ0v) is 13.1. The number of nitrogen functional groups attached to an aromatic ring is 1. The number of hydrogen-bond donors (Lipinski definition) is 3. The number of nitrogens with one attached hydrogen (secondary N) is 1. The molecular formula is C16H13BrN2O3. The lowest BCUT2D eigenvalue weighted by molar-refractivity contribution is -0.133. The van der Waals surface area contributed by atoms with Crippen LogP contribution in [0.5, 0.6) is 0 Å². The van der Waals surface area contributed by atoms with Crippen molar-refractivity contribution < 1.29 is 14.7 Å². The number of hydrogen-bond acceptors (Lipinski definition) is 4. The number of carbonyl (C=O) groups is 2. The minimum Gasteiger partial charge on any atom is -0.399 e. The van der Waals surface area contributed by atoms with E-state index in [0.29, 0.717) is 22.5 Å². The van der Waals surface area contributed by atoms with Gasteiger partial charge < -0.3 is 16.2 Å². The summed E-state index contributed by atoms with van der Waals surface area (Å²) >= 11 is 3.31. The van der Waals surface area contributed by atoms with Gasteiger partial charge in [-0.15, -0.1) is 0 Å². The predicted octanol–water partition coefficient (Wildman–Crippen LogP) is 2.44. The van der Waals surface area contributed by atoms with Crippen LogP contribution in [0.3, 0.4) is 0 Å². The number of aliphatic hydroxyl groups is 1.